The van der Waals surface area contributed by atoms with Gasteiger partial charge in [0.1, 0.15) is 0 Å². The molecule has 1 unspecified atom stereocenters. The first-order valence-electron chi connectivity index (χ1n) is 5.98. The number of nitrogens with one attached hydrogen (secondary N) is 1. The summed E-state index contributed by atoms with van der Waals surface area (Å²) in [6.45, 7) is 0.912. The maximum absolute atomic E-state index is 5.95. The molecule has 5 heteroatoms. The zero-order valence-corrected chi connectivity index (χ0v) is 13.7. The molecule has 2 heterocycles. The predicted molar refractivity (Wildman–Crippen MR) is 83.9 cm³/mol. The predicted octanol–water partition coefficient (Wildman–Crippen LogP) is 5.39. The topological polar surface area (TPSA) is 12.0 Å². The zero-order valence-electron chi connectivity index (χ0n) is 9.71. The van der Waals surface area contributed by atoms with Crippen molar-refractivity contribution in [3.8, 4) is 0 Å². The van der Waals surface area contributed by atoms with Crippen molar-refractivity contribution in [2.75, 3.05) is 0 Å². The Hall–Kier alpha value is 0.130. The van der Waals surface area contributed by atoms with Gasteiger partial charge in [0, 0.05) is 22.3 Å². The molecule has 0 aromatic carbocycles. The van der Waals surface area contributed by atoms with Gasteiger partial charge in [-0.3, -0.25) is 0 Å². The van der Waals surface area contributed by atoms with Crippen molar-refractivity contribution < 1.29 is 0 Å². The van der Waals surface area contributed by atoms with Gasteiger partial charge in [-0.1, -0.05) is 11.6 Å². The lowest BCUT2D eigenvalue weighted by Crippen LogP contribution is -2.23. The van der Waals surface area contributed by atoms with Crippen molar-refractivity contribution in [3.05, 3.63) is 41.6 Å². The van der Waals surface area contributed by atoms with Crippen molar-refractivity contribution >= 4 is 50.2 Å². The number of thiophene rings is 2. The lowest BCUT2D eigenvalue weighted by molar-refractivity contribution is 0.465. The Kier molecular flexibility index (Phi) is 4.11. The summed E-state index contributed by atoms with van der Waals surface area (Å²) < 4.78 is 2.12. The summed E-state index contributed by atoms with van der Waals surface area (Å²) in [6, 6.07) is 6.85. The quantitative estimate of drug-likeness (QED) is 0.771. The van der Waals surface area contributed by atoms with Crippen LogP contribution in [0.25, 0.3) is 0 Å². The summed E-state index contributed by atoms with van der Waals surface area (Å²) in [7, 11) is 0. The van der Waals surface area contributed by atoms with Crippen molar-refractivity contribution in [1.29, 1.82) is 0 Å². The monoisotopic (exact) mass is 361 g/mol. The smallest absolute Gasteiger partial charge is 0.0931 e. The SMILES string of the molecule is Clc1ccc(CNC2CCCc3sc(Br)cc32)s1. The molecule has 1 atom stereocenters. The van der Waals surface area contributed by atoms with Crippen LogP contribution in [0.1, 0.15) is 34.2 Å². The van der Waals surface area contributed by atoms with Gasteiger partial charge in [0.05, 0.1) is 8.12 Å². The fraction of sp³-hybridized carbons (Fsp3) is 0.385. The van der Waals surface area contributed by atoms with E-state index in [0.29, 0.717) is 6.04 Å². The van der Waals surface area contributed by atoms with Gasteiger partial charge in [-0.25, -0.2) is 0 Å². The van der Waals surface area contributed by atoms with Crippen LogP contribution < -0.4 is 5.32 Å². The number of fused-ring (bicyclic) bond motifs is 1. The maximum Gasteiger partial charge on any atom is 0.0931 e. The number of rotatable bonds is 3. The fourth-order valence-corrected chi connectivity index (χ4v) is 5.26. The van der Waals surface area contributed by atoms with E-state index in [1.165, 1.54) is 38.4 Å². The average molecular weight is 363 g/mol. The van der Waals surface area contributed by atoms with E-state index in [2.05, 4.69) is 33.4 Å². The van der Waals surface area contributed by atoms with Gasteiger partial charge in [-0.15, -0.1) is 22.7 Å². The van der Waals surface area contributed by atoms with E-state index in [1.54, 1.807) is 11.3 Å². The van der Waals surface area contributed by atoms with Gasteiger partial charge in [0.15, 0.2) is 0 Å². The van der Waals surface area contributed by atoms with Crippen molar-refractivity contribution in [1.82, 2.24) is 5.32 Å². The van der Waals surface area contributed by atoms with E-state index in [1.807, 2.05) is 17.4 Å². The Morgan fingerprint density at radius 3 is 3.06 bits per heavy atom. The first-order chi connectivity index (χ1) is 8.72. The first kappa shape index (κ1) is 13.1. The fourth-order valence-electron chi connectivity index (χ4n) is 2.40. The number of hydrogen-bond donors (Lipinski definition) is 1. The van der Waals surface area contributed by atoms with Gasteiger partial charge in [-0.2, -0.15) is 0 Å². The van der Waals surface area contributed by atoms with Gasteiger partial charge in [0.25, 0.3) is 0 Å². The lowest BCUT2D eigenvalue weighted by atomic mass is 9.94. The molecule has 0 radical (unpaired) electrons. The molecule has 0 amide bonds. The Balaban J connectivity index is 1.70. The number of halogens is 2. The number of hydrogen-bond acceptors (Lipinski definition) is 3. The lowest BCUT2D eigenvalue weighted by Gasteiger charge is -2.23. The average Bonchev–Trinajstić information content (AvgIpc) is 2.91. The Morgan fingerprint density at radius 2 is 2.28 bits per heavy atom. The molecular formula is C13H13BrClNS2. The summed E-state index contributed by atoms with van der Waals surface area (Å²) in [5.41, 5.74) is 1.49. The highest BCUT2D eigenvalue weighted by Crippen LogP contribution is 2.38. The Bertz CT molecular complexity index is 549. The Labute approximate surface area is 128 Å². The van der Waals surface area contributed by atoms with Crippen LogP contribution in [0.5, 0.6) is 0 Å². The highest BCUT2D eigenvalue weighted by atomic mass is 79.9. The summed E-state index contributed by atoms with van der Waals surface area (Å²) in [5, 5.41) is 3.66. The van der Waals surface area contributed by atoms with Crippen molar-refractivity contribution in [2.45, 2.75) is 31.8 Å². The van der Waals surface area contributed by atoms with E-state index in [-0.39, 0.29) is 0 Å². The van der Waals surface area contributed by atoms with Crippen LogP contribution in [0.3, 0.4) is 0 Å². The molecule has 2 aromatic heterocycles. The third kappa shape index (κ3) is 2.83. The molecular weight excluding hydrogens is 350 g/mol. The van der Waals surface area contributed by atoms with Crippen LogP contribution in [0.4, 0.5) is 0 Å². The largest absolute Gasteiger partial charge is 0.305 e. The second kappa shape index (κ2) is 5.63. The van der Waals surface area contributed by atoms with Crippen LogP contribution in [0.15, 0.2) is 22.0 Å². The minimum atomic E-state index is 0.497. The van der Waals surface area contributed by atoms with E-state index >= 15 is 0 Å². The van der Waals surface area contributed by atoms with E-state index in [4.69, 9.17) is 11.6 Å². The minimum Gasteiger partial charge on any atom is -0.305 e. The van der Waals surface area contributed by atoms with E-state index in [9.17, 15) is 0 Å². The molecule has 0 bridgehead atoms. The van der Waals surface area contributed by atoms with Crippen LogP contribution in [-0.4, -0.2) is 0 Å². The molecule has 1 aliphatic rings. The van der Waals surface area contributed by atoms with Crippen molar-refractivity contribution in [3.63, 3.8) is 0 Å². The molecule has 1 nitrogen and oxygen atoms in total. The third-order valence-electron chi connectivity index (χ3n) is 3.24. The second-order valence-corrected chi connectivity index (χ2v) is 8.78. The molecule has 0 saturated carbocycles. The highest BCUT2D eigenvalue weighted by Gasteiger charge is 2.22. The van der Waals surface area contributed by atoms with E-state index < -0.39 is 0 Å². The summed E-state index contributed by atoms with van der Waals surface area (Å²) >= 11 is 13.1. The summed E-state index contributed by atoms with van der Waals surface area (Å²) in [5.74, 6) is 0. The minimum absolute atomic E-state index is 0.497. The van der Waals surface area contributed by atoms with Gasteiger partial charge < -0.3 is 5.32 Å². The van der Waals surface area contributed by atoms with E-state index in [0.717, 1.165) is 10.9 Å². The number of aryl methyl sites for hydroxylation is 1. The second-order valence-electron chi connectivity index (χ2n) is 4.46. The molecule has 1 N–H and O–H groups in total. The van der Waals surface area contributed by atoms with Gasteiger partial charge in [-0.05, 0) is 59.0 Å². The third-order valence-corrected chi connectivity index (χ3v) is 6.18. The zero-order chi connectivity index (χ0) is 12.5. The Morgan fingerprint density at radius 1 is 1.39 bits per heavy atom. The molecule has 0 fully saturated rings. The van der Waals surface area contributed by atoms with Crippen LogP contribution in [0.2, 0.25) is 4.34 Å². The molecule has 3 rings (SSSR count). The maximum atomic E-state index is 5.95. The molecule has 0 aliphatic heterocycles. The summed E-state index contributed by atoms with van der Waals surface area (Å²) in [4.78, 5) is 2.84. The molecule has 0 saturated heterocycles. The van der Waals surface area contributed by atoms with Crippen LogP contribution in [-0.2, 0) is 13.0 Å². The molecule has 18 heavy (non-hydrogen) atoms. The molecule has 2 aromatic rings. The summed E-state index contributed by atoms with van der Waals surface area (Å²) in [6.07, 6.45) is 3.74. The first-order valence-corrected chi connectivity index (χ1v) is 8.78. The van der Waals surface area contributed by atoms with Crippen LogP contribution >= 0.6 is 50.2 Å². The van der Waals surface area contributed by atoms with Crippen molar-refractivity contribution in [2.24, 2.45) is 0 Å². The van der Waals surface area contributed by atoms with Gasteiger partial charge in [0.2, 0.25) is 0 Å². The normalized spacial score (nSPS) is 18.9. The highest BCUT2D eigenvalue weighted by molar-refractivity contribution is 9.11. The molecule has 0 spiro atoms. The standard InChI is InChI=1S/C13H13BrClNS2/c14-12-6-9-10(2-1-3-11(9)18-12)16-7-8-4-5-13(15)17-8/h4-6,10,16H,1-3,7H2. The molecule has 1 aliphatic carbocycles. The van der Waals surface area contributed by atoms with Gasteiger partial charge >= 0.3 is 0 Å². The van der Waals surface area contributed by atoms with Crippen LogP contribution in [0, 0.1) is 0 Å². The molecule has 96 valence electrons.